The highest BCUT2D eigenvalue weighted by Gasteiger charge is 2.22. The Morgan fingerprint density at radius 2 is 2.00 bits per heavy atom. The van der Waals surface area contributed by atoms with Crippen molar-refractivity contribution < 1.29 is 14.4 Å². The largest absolute Gasteiger partial charge is 0.370 e. The molecule has 146 valence electrons. The van der Waals surface area contributed by atoms with E-state index in [4.69, 9.17) is 21.3 Å². The van der Waals surface area contributed by atoms with Crippen LogP contribution in [0.2, 0.25) is 5.02 Å². The lowest BCUT2D eigenvalue weighted by molar-refractivity contribution is -0.908. The Balaban J connectivity index is 1.55. The fraction of sp³-hybridized carbons (Fsp3) is 0.333. The van der Waals surface area contributed by atoms with Gasteiger partial charge in [-0.25, -0.2) is 4.98 Å². The summed E-state index contributed by atoms with van der Waals surface area (Å²) in [5.74, 6) is -0.0569. The number of ether oxygens (including phenoxy) is 1. The summed E-state index contributed by atoms with van der Waals surface area (Å²) in [7, 11) is 0. The lowest BCUT2D eigenvalue weighted by Crippen LogP contribution is -3.14. The first-order valence-corrected chi connectivity index (χ1v) is 10.7. The molecule has 4 rings (SSSR count). The summed E-state index contributed by atoms with van der Waals surface area (Å²) in [5.41, 5.74) is 1.51. The van der Waals surface area contributed by atoms with Gasteiger partial charge in [-0.2, -0.15) is 0 Å². The molecule has 1 N–H and O–H groups in total. The zero-order chi connectivity index (χ0) is 19.3. The van der Waals surface area contributed by atoms with Crippen molar-refractivity contribution in [1.82, 2.24) is 4.98 Å². The van der Waals surface area contributed by atoms with E-state index in [0.717, 1.165) is 54.6 Å². The van der Waals surface area contributed by atoms with E-state index >= 15 is 0 Å². The number of morpholine rings is 1. The predicted molar refractivity (Wildman–Crippen MR) is 114 cm³/mol. The van der Waals surface area contributed by atoms with Crippen molar-refractivity contribution in [3.63, 3.8) is 0 Å². The van der Waals surface area contributed by atoms with Gasteiger partial charge in [-0.05, 0) is 30.3 Å². The molecule has 1 aliphatic rings. The van der Waals surface area contributed by atoms with Crippen LogP contribution in [0.1, 0.15) is 16.8 Å². The molecule has 3 aromatic rings. The van der Waals surface area contributed by atoms with Crippen LogP contribution in [0, 0.1) is 0 Å². The molecule has 0 aliphatic carbocycles. The molecule has 0 radical (unpaired) electrons. The summed E-state index contributed by atoms with van der Waals surface area (Å²) in [5, 5.41) is 1.30. The first kappa shape index (κ1) is 19.3. The Morgan fingerprint density at radius 3 is 2.79 bits per heavy atom. The number of nitrogens with zero attached hydrogens (tertiary/aromatic N) is 2. The number of rotatable bonds is 6. The molecule has 1 amide bonds. The highest BCUT2D eigenvalue weighted by Crippen LogP contribution is 2.30. The number of amides is 1. The lowest BCUT2D eigenvalue weighted by Gasteiger charge is -2.25. The molecule has 1 saturated heterocycles. The van der Waals surface area contributed by atoms with Gasteiger partial charge in [0.2, 0.25) is 0 Å². The molecule has 28 heavy (non-hydrogen) atoms. The zero-order valence-electron chi connectivity index (χ0n) is 15.6. The van der Waals surface area contributed by atoms with Gasteiger partial charge in [-0.15, -0.1) is 0 Å². The number of fused-ring (bicyclic) bond motifs is 1. The Bertz CT molecular complexity index is 922. The number of hydrogen-bond acceptors (Lipinski definition) is 4. The van der Waals surface area contributed by atoms with Crippen LogP contribution in [-0.4, -0.2) is 50.3 Å². The average Bonchev–Trinajstić information content (AvgIpc) is 3.15. The predicted octanol–water partition coefficient (Wildman–Crippen LogP) is 2.90. The fourth-order valence-electron chi connectivity index (χ4n) is 3.43. The van der Waals surface area contributed by atoms with Crippen molar-refractivity contribution in [2.45, 2.75) is 6.42 Å². The van der Waals surface area contributed by atoms with Crippen LogP contribution in [0.25, 0.3) is 10.2 Å². The second-order valence-corrected chi connectivity index (χ2v) is 8.34. The smallest absolute Gasteiger partial charge is 0.260 e. The van der Waals surface area contributed by atoms with Gasteiger partial charge < -0.3 is 9.64 Å². The monoisotopic (exact) mass is 416 g/mol. The first-order valence-electron chi connectivity index (χ1n) is 9.55. The molecule has 0 unspecified atom stereocenters. The quantitative estimate of drug-likeness (QED) is 0.672. The lowest BCUT2D eigenvalue weighted by atomic mass is 10.2. The standard InChI is InChI=1S/C21H22ClN3O2S/c22-17-6-3-5-16(15-17)20(26)25(10-4-9-24-11-13-27-14-12-24)21-23-18-7-1-2-8-19(18)28-21/h1-3,5-8,15H,4,9-14H2/p+1. The Hall–Kier alpha value is -1.99. The van der Waals surface area contributed by atoms with Gasteiger partial charge >= 0.3 is 0 Å². The van der Waals surface area contributed by atoms with E-state index in [1.807, 2.05) is 36.4 Å². The SMILES string of the molecule is O=C(c1cccc(Cl)c1)N(CCC[NH+]1CCOCC1)c1nc2ccccc2s1. The van der Waals surface area contributed by atoms with Gasteiger partial charge in [0.25, 0.3) is 5.91 Å². The third kappa shape index (κ3) is 4.52. The van der Waals surface area contributed by atoms with Crippen molar-refractivity contribution in [1.29, 1.82) is 0 Å². The summed E-state index contributed by atoms with van der Waals surface area (Å²) < 4.78 is 6.51. The van der Waals surface area contributed by atoms with E-state index in [2.05, 4.69) is 0 Å². The number of halogens is 1. The van der Waals surface area contributed by atoms with Crippen LogP contribution >= 0.6 is 22.9 Å². The number of aromatic nitrogens is 1. The molecule has 0 bridgehead atoms. The maximum atomic E-state index is 13.3. The molecule has 1 fully saturated rings. The normalized spacial score (nSPS) is 15.0. The maximum absolute atomic E-state index is 13.3. The van der Waals surface area contributed by atoms with E-state index in [0.29, 0.717) is 17.1 Å². The van der Waals surface area contributed by atoms with Crippen molar-refractivity contribution >= 4 is 44.2 Å². The van der Waals surface area contributed by atoms with Gasteiger partial charge in [0.05, 0.1) is 30.0 Å². The number of hydrogen-bond donors (Lipinski definition) is 1. The third-order valence-electron chi connectivity index (χ3n) is 4.94. The number of thiazole rings is 1. The number of para-hydroxylation sites is 1. The number of quaternary nitrogens is 1. The van der Waals surface area contributed by atoms with E-state index in [1.54, 1.807) is 28.4 Å². The minimum absolute atomic E-state index is 0.0569. The van der Waals surface area contributed by atoms with E-state index < -0.39 is 0 Å². The number of anilines is 1. The second kappa shape index (κ2) is 9.01. The third-order valence-corrected chi connectivity index (χ3v) is 6.24. The number of carbonyl (C=O) groups excluding carboxylic acids is 1. The molecule has 7 heteroatoms. The molecule has 0 atom stereocenters. The van der Waals surface area contributed by atoms with Crippen molar-refractivity contribution in [3.8, 4) is 0 Å². The Morgan fingerprint density at radius 1 is 1.18 bits per heavy atom. The van der Waals surface area contributed by atoms with Gasteiger partial charge in [-0.3, -0.25) is 9.69 Å². The molecule has 5 nitrogen and oxygen atoms in total. The molecule has 0 saturated carbocycles. The highest BCUT2D eigenvalue weighted by atomic mass is 35.5. The number of carbonyl (C=O) groups is 1. The van der Waals surface area contributed by atoms with Crippen LogP contribution in [-0.2, 0) is 4.74 Å². The van der Waals surface area contributed by atoms with E-state index in [1.165, 1.54) is 4.90 Å². The molecule has 2 aromatic carbocycles. The number of nitrogens with one attached hydrogen (secondary N) is 1. The number of benzene rings is 2. The minimum atomic E-state index is -0.0569. The molecular formula is C21H23ClN3O2S+. The molecule has 1 aliphatic heterocycles. The van der Waals surface area contributed by atoms with Crippen LogP contribution in [0.15, 0.2) is 48.5 Å². The molecule has 1 aromatic heterocycles. The van der Waals surface area contributed by atoms with Gasteiger partial charge in [0.1, 0.15) is 13.1 Å². The minimum Gasteiger partial charge on any atom is -0.370 e. The highest BCUT2D eigenvalue weighted by molar-refractivity contribution is 7.22. The maximum Gasteiger partial charge on any atom is 0.260 e. The molecule has 2 heterocycles. The van der Waals surface area contributed by atoms with Crippen molar-refractivity contribution in [3.05, 3.63) is 59.1 Å². The van der Waals surface area contributed by atoms with Crippen LogP contribution in [0.4, 0.5) is 5.13 Å². The second-order valence-electron chi connectivity index (χ2n) is 6.90. The van der Waals surface area contributed by atoms with Gasteiger partial charge in [0.15, 0.2) is 5.13 Å². The topological polar surface area (TPSA) is 46.9 Å². The Labute approximate surface area is 173 Å². The summed E-state index contributed by atoms with van der Waals surface area (Å²) in [6, 6.07) is 15.1. The summed E-state index contributed by atoms with van der Waals surface area (Å²) in [4.78, 5) is 21.3. The van der Waals surface area contributed by atoms with Crippen molar-refractivity contribution in [2.24, 2.45) is 0 Å². The summed E-state index contributed by atoms with van der Waals surface area (Å²) in [6.07, 6.45) is 0.914. The summed E-state index contributed by atoms with van der Waals surface area (Å²) >= 11 is 7.66. The zero-order valence-corrected chi connectivity index (χ0v) is 17.1. The first-order chi connectivity index (χ1) is 13.7. The van der Waals surface area contributed by atoms with Crippen LogP contribution in [0.5, 0.6) is 0 Å². The van der Waals surface area contributed by atoms with Crippen molar-refractivity contribution in [2.75, 3.05) is 44.3 Å². The average molecular weight is 417 g/mol. The van der Waals surface area contributed by atoms with Crippen LogP contribution in [0.3, 0.4) is 0 Å². The fourth-order valence-corrected chi connectivity index (χ4v) is 4.61. The molecular weight excluding hydrogens is 394 g/mol. The van der Waals surface area contributed by atoms with E-state index in [-0.39, 0.29) is 5.91 Å². The van der Waals surface area contributed by atoms with Gasteiger partial charge in [0, 0.05) is 23.6 Å². The molecule has 0 spiro atoms. The van der Waals surface area contributed by atoms with E-state index in [9.17, 15) is 4.79 Å². The van der Waals surface area contributed by atoms with Crippen LogP contribution < -0.4 is 9.80 Å². The van der Waals surface area contributed by atoms with Gasteiger partial charge in [-0.1, -0.05) is 41.1 Å². The summed E-state index contributed by atoms with van der Waals surface area (Å²) in [6.45, 7) is 5.35. The Kier molecular flexibility index (Phi) is 6.22.